The standard InChI is InChI=1S/C12H16N6O4/c1-3-13-11(14-4-2)12(18(21)22)16-15-9-5-7-10(8-6-9)17(19)20/h5-8,15H,3-4H2,1-2H3,(H,13,14)/b16-12-. The second kappa shape index (κ2) is 8.29. The van der Waals surface area contributed by atoms with E-state index in [1.54, 1.807) is 13.8 Å². The number of hydrogen-bond donors (Lipinski definition) is 2. The predicted molar refractivity (Wildman–Crippen MR) is 82.8 cm³/mol. The number of nitrogens with zero attached hydrogens (tertiary/aromatic N) is 4. The molecule has 0 unspecified atom stereocenters. The number of anilines is 1. The van der Waals surface area contributed by atoms with Crippen LogP contribution in [0.5, 0.6) is 0 Å². The number of aliphatic imine (C=N–C) groups is 1. The van der Waals surface area contributed by atoms with Gasteiger partial charge in [-0.3, -0.25) is 15.1 Å². The Labute approximate surface area is 126 Å². The van der Waals surface area contributed by atoms with Crippen molar-refractivity contribution in [1.82, 2.24) is 5.32 Å². The highest BCUT2D eigenvalue weighted by Gasteiger charge is 2.21. The van der Waals surface area contributed by atoms with Crippen LogP contribution in [0.3, 0.4) is 0 Å². The molecule has 0 heterocycles. The lowest BCUT2D eigenvalue weighted by Crippen LogP contribution is -2.36. The number of rotatable bonds is 5. The van der Waals surface area contributed by atoms with Crippen molar-refractivity contribution >= 4 is 23.0 Å². The first-order chi connectivity index (χ1) is 10.5. The molecule has 0 aliphatic rings. The summed E-state index contributed by atoms with van der Waals surface area (Å²) in [4.78, 5) is 24.4. The zero-order chi connectivity index (χ0) is 16.5. The van der Waals surface area contributed by atoms with Gasteiger partial charge in [-0.15, -0.1) is 0 Å². The second-order valence-electron chi connectivity index (χ2n) is 3.96. The summed E-state index contributed by atoms with van der Waals surface area (Å²) < 4.78 is 0. The maximum atomic E-state index is 11.1. The molecule has 0 aliphatic carbocycles. The van der Waals surface area contributed by atoms with Crippen LogP contribution in [0.25, 0.3) is 0 Å². The molecule has 10 nitrogen and oxygen atoms in total. The Balaban J connectivity index is 2.96. The van der Waals surface area contributed by atoms with Gasteiger partial charge in [0.05, 0.1) is 15.7 Å². The minimum absolute atomic E-state index is 0.0735. The predicted octanol–water partition coefficient (Wildman–Crippen LogP) is 1.62. The van der Waals surface area contributed by atoms with Crippen LogP contribution in [-0.2, 0) is 0 Å². The van der Waals surface area contributed by atoms with E-state index in [1.165, 1.54) is 24.3 Å². The molecule has 0 bridgehead atoms. The largest absolute Gasteiger partial charge is 0.430 e. The lowest BCUT2D eigenvalue weighted by molar-refractivity contribution is -0.384. The van der Waals surface area contributed by atoms with E-state index in [1.807, 2.05) is 0 Å². The Morgan fingerprint density at radius 2 is 1.82 bits per heavy atom. The smallest absolute Gasteiger partial charge is 0.363 e. The number of hydrogen-bond acceptors (Lipinski definition) is 7. The van der Waals surface area contributed by atoms with Crippen LogP contribution >= 0.6 is 0 Å². The fraction of sp³-hybridized carbons (Fsp3) is 0.333. The third kappa shape index (κ3) is 4.81. The minimum atomic E-state index is -0.657. The van der Waals surface area contributed by atoms with Crippen LogP contribution in [0.15, 0.2) is 34.4 Å². The molecule has 0 amide bonds. The van der Waals surface area contributed by atoms with Gasteiger partial charge in [0.1, 0.15) is 0 Å². The van der Waals surface area contributed by atoms with Gasteiger partial charge in [0.15, 0.2) is 0 Å². The van der Waals surface area contributed by atoms with Crippen molar-refractivity contribution in [3.8, 4) is 0 Å². The molecule has 0 saturated heterocycles. The summed E-state index contributed by atoms with van der Waals surface area (Å²) in [5, 5.41) is 28.1. The third-order valence-corrected chi connectivity index (χ3v) is 2.41. The molecule has 10 heteroatoms. The zero-order valence-corrected chi connectivity index (χ0v) is 12.1. The monoisotopic (exact) mass is 308 g/mol. The van der Waals surface area contributed by atoms with Crippen LogP contribution in [0.2, 0.25) is 0 Å². The molecular formula is C12H16N6O4. The van der Waals surface area contributed by atoms with Crippen molar-refractivity contribution in [3.63, 3.8) is 0 Å². The molecule has 0 aliphatic heterocycles. The van der Waals surface area contributed by atoms with Gasteiger partial charge in [0.25, 0.3) is 5.69 Å². The third-order valence-electron chi connectivity index (χ3n) is 2.41. The van der Waals surface area contributed by atoms with Crippen molar-refractivity contribution in [1.29, 1.82) is 0 Å². The molecule has 0 atom stereocenters. The SMILES string of the molecule is CCN=C(NCC)/C(=N/Nc1ccc([N+](=O)[O-])cc1)[N+](=O)[O-]. The van der Waals surface area contributed by atoms with Gasteiger partial charge < -0.3 is 15.4 Å². The van der Waals surface area contributed by atoms with Crippen LogP contribution in [0.4, 0.5) is 11.4 Å². The summed E-state index contributed by atoms with van der Waals surface area (Å²) in [6, 6.07) is 5.36. The molecule has 1 rings (SSSR count). The van der Waals surface area contributed by atoms with Crippen molar-refractivity contribution < 1.29 is 9.85 Å². The molecule has 1 aromatic rings. The Bertz CT molecular complexity index is 596. The van der Waals surface area contributed by atoms with Gasteiger partial charge >= 0.3 is 5.84 Å². The number of benzene rings is 1. The number of nitro benzene ring substituents is 1. The number of hydrazone groups is 1. The van der Waals surface area contributed by atoms with Crippen molar-refractivity contribution in [2.75, 3.05) is 18.5 Å². The second-order valence-corrected chi connectivity index (χ2v) is 3.96. The Morgan fingerprint density at radius 3 is 2.27 bits per heavy atom. The fourth-order valence-electron chi connectivity index (χ4n) is 1.49. The fourth-order valence-corrected chi connectivity index (χ4v) is 1.49. The molecule has 22 heavy (non-hydrogen) atoms. The maximum Gasteiger partial charge on any atom is 0.430 e. The van der Waals surface area contributed by atoms with Crippen LogP contribution in [-0.4, -0.2) is 34.6 Å². The van der Waals surface area contributed by atoms with Crippen LogP contribution in [0.1, 0.15) is 13.8 Å². The highest BCUT2D eigenvalue weighted by molar-refractivity contribution is 6.37. The topological polar surface area (TPSA) is 135 Å². The van der Waals surface area contributed by atoms with E-state index >= 15 is 0 Å². The summed E-state index contributed by atoms with van der Waals surface area (Å²) in [5.74, 6) is -0.383. The van der Waals surface area contributed by atoms with Crippen molar-refractivity contribution in [2.45, 2.75) is 13.8 Å². The molecule has 0 radical (unpaired) electrons. The molecule has 118 valence electrons. The lowest BCUT2D eigenvalue weighted by atomic mass is 10.3. The van der Waals surface area contributed by atoms with Crippen LogP contribution in [0, 0.1) is 20.2 Å². The van der Waals surface area contributed by atoms with Gasteiger partial charge in [0.2, 0.25) is 5.84 Å². The number of amidine groups is 2. The summed E-state index contributed by atoms with van der Waals surface area (Å²) in [5.41, 5.74) is 2.80. The summed E-state index contributed by atoms with van der Waals surface area (Å²) in [6.45, 7) is 4.36. The van der Waals surface area contributed by atoms with E-state index < -0.39 is 15.7 Å². The van der Waals surface area contributed by atoms with E-state index in [0.29, 0.717) is 18.8 Å². The maximum absolute atomic E-state index is 11.1. The van der Waals surface area contributed by atoms with Gasteiger partial charge in [-0.1, -0.05) is 0 Å². The van der Waals surface area contributed by atoms with E-state index in [0.717, 1.165) is 0 Å². The number of non-ortho nitro benzene ring substituents is 1. The molecule has 0 saturated carbocycles. The van der Waals surface area contributed by atoms with E-state index in [2.05, 4.69) is 20.8 Å². The molecular weight excluding hydrogens is 292 g/mol. The van der Waals surface area contributed by atoms with E-state index in [4.69, 9.17) is 0 Å². The minimum Gasteiger partial charge on any atom is -0.363 e. The summed E-state index contributed by atoms with van der Waals surface area (Å²) in [6.07, 6.45) is 0. The summed E-state index contributed by atoms with van der Waals surface area (Å²) in [7, 11) is 0. The van der Waals surface area contributed by atoms with E-state index in [9.17, 15) is 20.2 Å². The molecule has 0 aromatic heterocycles. The summed E-state index contributed by atoms with van der Waals surface area (Å²) >= 11 is 0. The van der Waals surface area contributed by atoms with Gasteiger partial charge in [-0.2, -0.15) is 5.43 Å². The number of nitrogens with one attached hydrogen (secondary N) is 2. The lowest BCUT2D eigenvalue weighted by Gasteiger charge is -2.04. The highest BCUT2D eigenvalue weighted by atomic mass is 16.6. The zero-order valence-electron chi connectivity index (χ0n) is 12.1. The van der Waals surface area contributed by atoms with Crippen molar-refractivity contribution in [2.24, 2.45) is 10.1 Å². The highest BCUT2D eigenvalue weighted by Crippen LogP contribution is 2.15. The van der Waals surface area contributed by atoms with Gasteiger partial charge in [0, 0.05) is 25.2 Å². The van der Waals surface area contributed by atoms with Gasteiger partial charge in [-0.05, 0) is 30.9 Å². The molecule has 1 aromatic carbocycles. The Kier molecular flexibility index (Phi) is 6.41. The molecule has 0 fully saturated rings. The van der Waals surface area contributed by atoms with Gasteiger partial charge in [-0.25, -0.2) is 0 Å². The number of likely N-dealkylation sites (N-methyl/N-ethyl adjacent to an activating group) is 1. The van der Waals surface area contributed by atoms with E-state index in [-0.39, 0.29) is 11.5 Å². The average Bonchev–Trinajstić information content (AvgIpc) is 2.48. The molecule has 2 N–H and O–H groups in total. The first-order valence-corrected chi connectivity index (χ1v) is 6.50. The van der Waals surface area contributed by atoms with Crippen molar-refractivity contribution in [3.05, 3.63) is 44.5 Å². The molecule has 0 spiro atoms. The number of nitro groups is 2. The quantitative estimate of drug-likeness (QED) is 0.367. The Morgan fingerprint density at radius 1 is 1.18 bits per heavy atom. The van der Waals surface area contributed by atoms with Crippen LogP contribution < -0.4 is 10.7 Å². The average molecular weight is 308 g/mol. The normalized spacial score (nSPS) is 11.9. The first-order valence-electron chi connectivity index (χ1n) is 6.50. The Hall–Kier alpha value is -3.04. The first kappa shape index (κ1) is 17.0.